The fourth-order valence-corrected chi connectivity index (χ4v) is 3.75. The third-order valence-electron chi connectivity index (χ3n) is 5.25. The number of hydrogen-bond acceptors (Lipinski definition) is 7. The number of hydrogen-bond donors (Lipinski definition) is 1. The van der Waals surface area contributed by atoms with Gasteiger partial charge >= 0.3 is 11.9 Å². The number of nitro groups is 2. The predicted octanol–water partition coefficient (Wildman–Crippen LogP) is 1.65. The van der Waals surface area contributed by atoms with Gasteiger partial charge in [0.1, 0.15) is 6.10 Å². The largest absolute Gasteiger partial charge is 0.481 e. The summed E-state index contributed by atoms with van der Waals surface area (Å²) in [6.45, 7) is 0. The molecule has 2 aliphatic rings. The van der Waals surface area contributed by atoms with Crippen molar-refractivity contribution in [1.82, 2.24) is 0 Å². The molecule has 25 heavy (non-hydrogen) atoms. The van der Waals surface area contributed by atoms with Gasteiger partial charge in [-0.05, 0) is 32.1 Å². The fourth-order valence-electron chi connectivity index (χ4n) is 3.75. The Morgan fingerprint density at radius 3 is 2.16 bits per heavy atom. The van der Waals surface area contributed by atoms with Crippen molar-refractivity contribution in [2.45, 2.75) is 69.6 Å². The van der Waals surface area contributed by atoms with Gasteiger partial charge in [-0.2, -0.15) is 0 Å². The Bertz CT molecular complexity index is 544. The van der Waals surface area contributed by atoms with E-state index >= 15 is 0 Å². The molecule has 0 saturated heterocycles. The molecule has 3 atom stereocenters. The Morgan fingerprint density at radius 2 is 1.64 bits per heavy atom. The van der Waals surface area contributed by atoms with Crippen LogP contribution in [0.4, 0.5) is 0 Å². The molecule has 2 rings (SSSR count). The zero-order valence-electron chi connectivity index (χ0n) is 13.7. The van der Waals surface area contributed by atoms with Gasteiger partial charge < -0.3 is 9.84 Å². The first-order valence-corrected chi connectivity index (χ1v) is 8.47. The SMILES string of the molecule is O=C(CC1CCC([N+](=O)[O-])CC1[N+](=O)[O-])OC1CCC(C(=O)O)CC1. The van der Waals surface area contributed by atoms with E-state index in [0.717, 1.165) is 0 Å². The average molecular weight is 358 g/mol. The lowest BCUT2D eigenvalue weighted by Crippen LogP contribution is -2.41. The molecular weight excluding hydrogens is 336 g/mol. The third-order valence-corrected chi connectivity index (χ3v) is 5.25. The molecule has 0 aromatic carbocycles. The summed E-state index contributed by atoms with van der Waals surface area (Å²) in [5.41, 5.74) is 0. The van der Waals surface area contributed by atoms with Crippen molar-refractivity contribution in [3.8, 4) is 0 Å². The van der Waals surface area contributed by atoms with E-state index in [2.05, 4.69) is 0 Å². The fraction of sp³-hybridized carbons (Fsp3) is 0.867. The van der Waals surface area contributed by atoms with Crippen molar-refractivity contribution in [3.63, 3.8) is 0 Å². The highest BCUT2D eigenvalue weighted by molar-refractivity contribution is 5.71. The first kappa shape index (κ1) is 19.1. The topological polar surface area (TPSA) is 150 Å². The Morgan fingerprint density at radius 1 is 1.00 bits per heavy atom. The molecule has 1 N–H and O–H groups in total. The van der Waals surface area contributed by atoms with Gasteiger partial charge in [0.2, 0.25) is 12.1 Å². The van der Waals surface area contributed by atoms with Crippen LogP contribution in [0.15, 0.2) is 0 Å². The van der Waals surface area contributed by atoms with Gasteiger partial charge in [0.15, 0.2) is 0 Å². The molecule has 2 saturated carbocycles. The summed E-state index contributed by atoms with van der Waals surface area (Å²) in [7, 11) is 0. The Hall–Kier alpha value is -2.26. The maximum absolute atomic E-state index is 12.1. The van der Waals surface area contributed by atoms with Gasteiger partial charge in [-0.15, -0.1) is 0 Å². The molecule has 3 unspecified atom stereocenters. The summed E-state index contributed by atoms with van der Waals surface area (Å²) in [6.07, 6.45) is 1.64. The first-order valence-electron chi connectivity index (χ1n) is 8.47. The van der Waals surface area contributed by atoms with Crippen LogP contribution in [0.5, 0.6) is 0 Å². The smallest absolute Gasteiger partial charge is 0.306 e. The van der Waals surface area contributed by atoms with Crippen molar-refractivity contribution in [2.24, 2.45) is 11.8 Å². The van der Waals surface area contributed by atoms with Crippen molar-refractivity contribution in [3.05, 3.63) is 20.2 Å². The highest BCUT2D eigenvalue weighted by Gasteiger charge is 2.44. The number of ether oxygens (including phenoxy) is 1. The van der Waals surface area contributed by atoms with Crippen LogP contribution in [0, 0.1) is 32.1 Å². The van der Waals surface area contributed by atoms with E-state index in [0.29, 0.717) is 25.7 Å². The quantitative estimate of drug-likeness (QED) is 0.428. The molecule has 0 spiro atoms. The number of esters is 1. The molecule has 0 bridgehead atoms. The molecule has 0 amide bonds. The van der Waals surface area contributed by atoms with Crippen molar-refractivity contribution in [2.75, 3.05) is 0 Å². The maximum atomic E-state index is 12.1. The van der Waals surface area contributed by atoms with Gasteiger partial charge in [0, 0.05) is 22.2 Å². The Labute approximate surface area is 143 Å². The predicted molar refractivity (Wildman–Crippen MR) is 83.0 cm³/mol. The molecule has 0 radical (unpaired) electrons. The minimum absolute atomic E-state index is 0.130. The molecule has 0 heterocycles. The highest BCUT2D eigenvalue weighted by atomic mass is 16.6. The summed E-state index contributed by atoms with van der Waals surface area (Å²) in [5.74, 6) is -2.36. The van der Waals surface area contributed by atoms with Crippen LogP contribution >= 0.6 is 0 Å². The standard InChI is InChI=1S/C15H22N2O8/c18-14(25-12-5-2-9(3-6-12)15(19)20)7-10-1-4-11(16(21)22)8-13(10)17(23)24/h9-13H,1-8H2,(H,19,20). The van der Waals surface area contributed by atoms with E-state index in [4.69, 9.17) is 9.84 Å². The molecule has 140 valence electrons. The van der Waals surface area contributed by atoms with E-state index < -0.39 is 45.7 Å². The molecular formula is C15H22N2O8. The molecule has 2 fully saturated rings. The van der Waals surface area contributed by atoms with Gasteiger partial charge in [0.25, 0.3) is 0 Å². The summed E-state index contributed by atoms with van der Waals surface area (Å²) in [6, 6.07) is -2.05. The summed E-state index contributed by atoms with van der Waals surface area (Å²) < 4.78 is 5.34. The van der Waals surface area contributed by atoms with Crippen LogP contribution < -0.4 is 0 Å². The van der Waals surface area contributed by atoms with Gasteiger partial charge in [-0.3, -0.25) is 29.8 Å². The van der Waals surface area contributed by atoms with Crippen LogP contribution in [0.25, 0.3) is 0 Å². The minimum atomic E-state index is -1.11. The lowest BCUT2D eigenvalue weighted by Gasteiger charge is -2.28. The number of carbonyl (C=O) groups excluding carboxylic acids is 1. The monoisotopic (exact) mass is 358 g/mol. The number of rotatable bonds is 6. The van der Waals surface area contributed by atoms with Crippen LogP contribution in [0.1, 0.15) is 51.4 Å². The second kappa shape index (κ2) is 8.21. The van der Waals surface area contributed by atoms with E-state index in [-0.39, 0.29) is 31.8 Å². The first-order chi connectivity index (χ1) is 11.8. The van der Waals surface area contributed by atoms with E-state index in [9.17, 15) is 29.8 Å². The van der Waals surface area contributed by atoms with Gasteiger partial charge in [0.05, 0.1) is 18.8 Å². The maximum Gasteiger partial charge on any atom is 0.306 e. The van der Waals surface area contributed by atoms with E-state index in [1.165, 1.54) is 0 Å². The Balaban J connectivity index is 1.84. The van der Waals surface area contributed by atoms with Crippen LogP contribution in [0.2, 0.25) is 0 Å². The molecule has 0 aliphatic heterocycles. The number of carbonyl (C=O) groups is 2. The summed E-state index contributed by atoms with van der Waals surface area (Å²) in [4.78, 5) is 44.0. The number of nitrogens with zero attached hydrogens (tertiary/aromatic N) is 2. The zero-order valence-corrected chi connectivity index (χ0v) is 13.7. The summed E-state index contributed by atoms with van der Waals surface area (Å²) in [5, 5.41) is 31.0. The number of aliphatic carboxylic acids is 1. The Kier molecular flexibility index (Phi) is 6.27. The number of carboxylic acid groups (broad SMARTS) is 1. The van der Waals surface area contributed by atoms with Crippen LogP contribution in [0.3, 0.4) is 0 Å². The molecule has 0 aromatic rings. The van der Waals surface area contributed by atoms with Gasteiger partial charge in [-0.25, -0.2) is 0 Å². The molecule has 10 nitrogen and oxygen atoms in total. The van der Waals surface area contributed by atoms with Crippen molar-refractivity contribution in [1.29, 1.82) is 0 Å². The second-order valence-corrected chi connectivity index (χ2v) is 6.87. The second-order valence-electron chi connectivity index (χ2n) is 6.87. The molecule has 0 aromatic heterocycles. The van der Waals surface area contributed by atoms with Crippen molar-refractivity contribution >= 4 is 11.9 Å². The van der Waals surface area contributed by atoms with Crippen LogP contribution in [-0.4, -0.2) is 45.1 Å². The summed E-state index contributed by atoms with van der Waals surface area (Å²) >= 11 is 0. The lowest BCUT2D eigenvalue weighted by atomic mass is 9.80. The number of carboxylic acids is 1. The van der Waals surface area contributed by atoms with E-state index in [1.54, 1.807) is 0 Å². The average Bonchev–Trinajstić information content (AvgIpc) is 2.55. The van der Waals surface area contributed by atoms with Crippen LogP contribution in [-0.2, 0) is 14.3 Å². The normalized spacial score (nSPS) is 32.6. The zero-order chi connectivity index (χ0) is 18.6. The van der Waals surface area contributed by atoms with E-state index in [1.807, 2.05) is 0 Å². The lowest BCUT2D eigenvalue weighted by molar-refractivity contribution is -0.574. The van der Waals surface area contributed by atoms with Gasteiger partial charge in [-0.1, -0.05) is 0 Å². The third kappa shape index (κ3) is 5.10. The minimum Gasteiger partial charge on any atom is -0.481 e. The molecule has 10 heteroatoms. The molecule has 2 aliphatic carbocycles. The highest BCUT2D eigenvalue weighted by Crippen LogP contribution is 2.32. The van der Waals surface area contributed by atoms with Crippen molar-refractivity contribution < 1.29 is 29.3 Å².